The van der Waals surface area contributed by atoms with Crippen LogP contribution in [-0.2, 0) is 19.5 Å². The molecule has 0 atom stereocenters. The molecule has 0 fully saturated rings. The highest BCUT2D eigenvalue weighted by atomic mass is 16.5. The van der Waals surface area contributed by atoms with Crippen molar-refractivity contribution < 1.29 is 9.47 Å². The predicted molar refractivity (Wildman–Crippen MR) is 102 cm³/mol. The number of nitrogens with zero attached hydrogens (tertiary/aromatic N) is 3. The molecule has 134 valence electrons. The zero-order valence-electron chi connectivity index (χ0n) is 15.2. The topological polar surface area (TPSA) is 47.5 Å². The second kappa shape index (κ2) is 7.30. The summed E-state index contributed by atoms with van der Waals surface area (Å²) < 4.78 is 11.1. The van der Waals surface area contributed by atoms with Gasteiger partial charge in [0.05, 0.1) is 19.2 Å². The Bertz CT molecular complexity index is 926. The van der Waals surface area contributed by atoms with E-state index < -0.39 is 0 Å². The molecule has 5 nitrogen and oxygen atoms in total. The molecule has 0 N–H and O–H groups in total. The van der Waals surface area contributed by atoms with E-state index in [0.29, 0.717) is 6.61 Å². The summed E-state index contributed by atoms with van der Waals surface area (Å²) in [6, 6.07) is 10.4. The molecular formula is C21H23N3O2. The Morgan fingerprint density at radius 3 is 2.92 bits per heavy atom. The van der Waals surface area contributed by atoms with Gasteiger partial charge in [-0.3, -0.25) is 14.9 Å². The Hall–Kier alpha value is -2.66. The molecule has 1 aliphatic heterocycles. The molecule has 0 saturated carbocycles. The van der Waals surface area contributed by atoms with Crippen molar-refractivity contribution in [2.24, 2.45) is 0 Å². The molecular weight excluding hydrogens is 326 g/mol. The third kappa shape index (κ3) is 3.35. The summed E-state index contributed by atoms with van der Waals surface area (Å²) in [4.78, 5) is 11.5. The minimum Gasteiger partial charge on any atom is -0.493 e. The fourth-order valence-electron chi connectivity index (χ4n) is 3.52. The Morgan fingerprint density at radius 2 is 2.08 bits per heavy atom. The van der Waals surface area contributed by atoms with Gasteiger partial charge in [-0.1, -0.05) is 6.07 Å². The average molecular weight is 349 g/mol. The van der Waals surface area contributed by atoms with Gasteiger partial charge in [0.2, 0.25) is 0 Å². The van der Waals surface area contributed by atoms with Crippen LogP contribution in [0.2, 0.25) is 0 Å². The van der Waals surface area contributed by atoms with Crippen LogP contribution in [-0.4, -0.2) is 35.1 Å². The second-order valence-electron chi connectivity index (χ2n) is 6.54. The summed E-state index contributed by atoms with van der Waals surface area (Å²) in [6.45, 7) is 5.41. The maximum atomic E-state index is 5.61. The monoisotopic (exact) mass is 349 g/mol. The molecule has 5 heteroatoms. The van der Waals surface area contributed by atoms with E-state index in [2.05, 4.69) is 28.1 Å². The lowest BCUT2D eigenvalue weighted by Crippen LogP contribution is -2.30. The van der Waals surface area contributed by atoms with E-state index in [1.807, 2.05) is 25.3 Å². The van der Waals surface area contributed by atoms with Gasteiger partial charge in [0.25, 0.3) is 0 Å². The van der Waals surface area contributed by atoms with Crippen LogP contribution in [0.15, 0.2) is 42.7 Å². The second-order valence-corrected chi connectivity index (χ2v) is 6.54. The quantitative estimate of drug-likeness (QED) is 0.704. The maximum Gasteiger partial charge on any atom is 0.161 e. The summed E-state index contributed by atoms with van der Waals surface area (Å²) in [6.07, 6.45) is 4.66. The van der Waals surface area contributed by atoms with Crippen molar-refractivity contribution in [2.45, 2.75) is 26.4 Å². The molecule has 4 rings (SSSR count). The van der Waals surface area contributed by atoms with E-state index in [1.165, 1.54) is 16.8 Å². The lowest BCUT2D eigenvalue weighted by Gasteiger charge is -2.28. The molecule has 1 aromatic carbocycles. The largest absolute Gasteiger partial charge is 0.493 e. The molecule has 0 amide bonds. The van der Waals surface area contributed by atoms with Gasteiger partial charge in [-0.2, -0.15) is 0 Å². The third-order valence-electron chi connectivity index (χ3n) is 4.78. The molecule has 0 spiro atoms. The minimum absolute atomic E-state index is 0.633. The molecule has 26 heavy (non-hydrogen) atoms. The van der Waals surface area contributed by atoms with Gasteiger partial charge >= 0.3 is 0 Å². The molecule has 3 aromatic rings. The van der Waals surface area contributed by atoms with Gasteiger partial charge in [-0.25, -0.2) is 0 Å². The number of benzene rings is 1. The van der Waals surface area contributed by atoms with Crippen LogP contribution in [0, 0.1) is 0 Å². The van der Waals surface area contributed by atoms with Crippen LogP contribution in [0.25, 0.3) is 10.9 Å². The zero-order chi connectivity index (χ0) is 17.9. The SMILES string of the molecule is CCOc1ccc(CN2CCc3nc4ccncc4cc3C2)cc1OC. The number of rotatable bonds is 5. The summed E-state index contributed by atoms with van der Waals surface area (Å²) in [5.74, 6) is 1.59. The molecule has 0 aliphatic carbocycles. The molecule has 1 aliphatic rings. The van der Waals surface area contributed by atoms with Crippen LogP contribution < -0.4 is 9.47 Å². The maximum absolute atomic E-state index is 5.61. The fraction of sp³-hybridized carbons (Fsp3) is 0.333. The lowest BCUT2D eigenvalue weighted by atomic mass is 10.0. The normalized spacial score (nSPS) is 14.2. The number of methoxy groups -OCH3 is 1. The van der Waals surface area contributed by atoms with Crippen molar-refractivity contribution in [3.05, 3.63) is 59.5 Å². The van der Waals surface area contributed by atoms with E-state index in [9.17, 15) is 0 Å². The molecule has 0 bridgehead atoms. The smallest absolute Gasteiger partial charge is 0.161 e. The van der Waals surface area contributed by atoms with Crippen LogP contribution in [0.5, 0.6) is 11.5 Å². The summed E-state index contributed by atoms with van der Waals surface area (Å²) in [5.41, 5.74) is 4.77. The van der Waals surface area contributed by atoms with Crippen molar-refractivity contribution in [3.63, 3.8) is 0 Å². The number of hydrogen-bond acceptors (Lipinski definition) is 5. The number of fused-ring (bicyclic) bond motifs is 2. The van der Waals surface area contributed by atoms with Gasteiger partial charge in [0.15, 0.2) is 11.5 Å². The van der Waals surface area contributed by atoms with E-state index >= 15 is 0 Å². The average Bonchev–Trinajstić information content (AvgIpc) is 2.67. The fourth-order valence-corrected chi connectivity index (χ4v) is 3.52. The Morgan fingerprint density at radius 1 is 1.15 bits per heavy atom. The number of hydrogen-bond donors (Lipinski definition) is 0. The summed E-state index contributed by atoms with van der Waals surface area (Å²) in [5, 5.41) is 1.11. The van der Waals surface area contributed by atoms with E-state index in [1.54, 1.807) is 13.3 Å². The van der Waals surface area contributed by atoms with Crippen LogP contribution >= 0.6 is 0 Å². The van der Waals surface area contributed by atoms with E-state index in [-0.39, 0.29) is 0 Å². The summed E-state index contributed by atoms with van der Waals surface area (Å²) in [7, 11) is 1.68. The van der Waals surface area contributed by atoms with Gasteiger partial charge in [-0.15, -0.1) is 0 Å². The minimum atomic E-state index is 0.633. The van der Waals surface area contributed by atoms with Gasteiger partial charge in [0.1, 0.15) is 0 Å². The van der Waals surface area contributed by atoms with Crippen molar-refractivity contribution in [1.29, 1.82) is 0 Å². The number of aromatic nitrogens is 2. The molecule has 0 unspecified atom stereocenters. The Balaban J connectivity index is 1.53. The van der Waals surface area contributed by atoms with Crippen molar-refractivity contribution in [1.82, 2.24) is 14.9 Å². The van der Waals surface area contributed by atoms with Gasteiger partial charge < -0.3 is 9.47 Å². The highest BCUT2D eigenvalue weighted by molar-refractivity contribution is 5.78. The predicted octanol–water partition coefficient (Wildman–Crippen LogP) is 3.60. The number of ether oxygens (including phenoxy) is 2. The van der Waals surface area contributed by atoms with E-state index in [4.69, 9.17) is 14.5 Å². The highest BCUT2D eigenvalue weighted by Crippen LogP contribution is 2.29. The van der Waals surface area contributed by atoms with Crippen LogP contribution in [0.3, 0.4) is 0 Å². The molecule has 0 radical (unpaired) electrons. The Kier molecular flexibility index (Phi) is 4.71. The zero-order valence-corrected chi connectivity index (χ0v) is 15.2. The van der Waals surface area contributed by atoms with Crippen LogP contribution in [0.4, 0.5) is 0 Å². The molecule has 2 aromatic heterocycles. The standard InChI is InChI=1S/C21H23N3O2/c1-3-26-20-5-4-15(10-21(20)25-2)13-24-9-7-19-17(14-24)11-16-12-22-8-6-18(16)23-19/h4-6,8,10-12H,3,7,9,13-14H2,1-2H3. The van der Waals surface area contributed by atoms with Crippen molar-refractivity contribution in [2.75, 3.05) is 20.3 Å². The summed E-state index contributed by atoms with van der Waals surface area (Å²) >= 11 is 0. The highest BCUT2D eigenvalue weighted by Gasteiger charge is 2.19. The number of pyridine rings is 2. The van der Waals surface area contributed by atoms with Crippen molar-refractivity contribution >= 4 is 10.9 Å². The van der Waals surface area contributed by atoms with Crippen LogP contribution in [0.1, 0.15) is 23.7 Å². The van der Waals surface area contributed by atoms with E-state index in [0.717, 1.165) is 48.5 Å². The Labute approximate surface area is 153 Å². The first-order valence-corrected chi connectivity index (χ1v) is 9.01. The van der Waals surface area contributed by atoms with Crippen molar-refractivity contribution in [3.8, 4) is 11.5 Å². The third-order valence-corrected chi connectivity index (χ3v) is 4.78. The molecule has 0 saturated heterocycles. The molecule has 3 heterocycles. The first-order valence-electron chi connectivity index (χ1n) is 9.01. The van der Waals surface area contributed by atoms with Gasteiger partial charge in [0, 0.05) is 49.5 Å². The first kappa shape index (κ1) is 16.8. The first-order chi connectivity index (χ1) is 12.8. The lowest BCUT2D eigenvalue weighted by molar-refractivity contribution is 0.243. The van der Waals surface area contributed by atoms with Gasteiger partial charge in [-0.05, 0) is 42.3 Å².